The first-order valence-electron chi connectivity index (χ1n) is 10.9. The molecule has 34 heavy (non-hydrogen) atoms. The highest BCUT2D eigenvalue weighted by atomic mass is 79.9. The molecule has 2 rings (SSSR count). The Kier molecular flexibility index (Phi) is 9.93. The van der Waals surface area contributed by atoms with E-state index in [2.05, 4.69) is 21.2 Å². The van der Waals surface area contributed by atoms with Crippen LogP contribution in [0.5, 0.6) is 5.75 Å². The molecule has 0 unspecified atom stereocenters. The van der Waals surface area contributed by atoms with Gasteiger partial charge in [-0.15, -0.1) is 0 Å². The van der Waals surface area contributed by atoms with Crippen LogP contribution in [0.3, 0.4) is 0 Å². The van der Waals surface area contributed by atoms with Crippen LogP contribution in [-0.2, 0) is 26.2 Å². The Morgan fingerprint density at radius 1 is 1.12 bits per heavy atom. The van der Waals surface area contributed by atoms with Crippen molar-refractivity contribution in [3.63, 3.8) is 0 Å². The molecule has 0 saturated heterocycles. The lowest BCUT2D eigenvalue weighted by atomic mass is 10.1. The average molecular weight is 555 g/mol. The number of carbonyl (C=O) groups is 2. The van der Waals surface area contributed by atoms with Gasteiger partial charge in [0.05, 0.1) is 19.1 Å². The van der Waals surface area contributed by atoms with E-state index in [1.165, 1.54) is 12.0 Å². The van der Waals surface area contributed by atoms with Crippen LogP contribution >= 0.6 is 15.9 Å². The second kappa shape index (κ2) is 12.2. The molecular weight excluding hydrogens is 522 g/mol. The lowest BCUT2D eigenvalue weighted by Crippen LogP contribution is -2.52. The maximum absolute atomic E-state index is 13.5. The highest BCUT2D eigenvalue weighted by Crippen LogP contribution is 2.24. The van der Waals surface area contributed by atoms with E-state index in [1.54, 1.807) is 31.2 Å². The molecule has 1 N–H and O–H groups in total. The van der Waals surface area contributed by atoms with Crippen LogP contribution in [0.2, 0.25) is 0 Å². The molecule has 2 amide bonds. The van der Waals surface area contributed by atoms with Gasteiger partial charge in [0.25, 0.3) is 0 Å². The highest BCUT2D eigenvalue weighted by Gasteiger charge is 2.30. The Morgan fingerprint density at radius 2 is 1.76 bits per heavy atom. The molecule has 0 aliphatic rings. The monoisotopic (exact) mass is 553 g/mol. The summed E-state index contributed by atoms with van der Waals surface area (Å²) in [5.74, 6) is -0.332. The highest BCUT2D eigenvalue weighted by molar-refractivity contribution is 9.10. The summed E-state index contributed by atoms with van der Waals surface area (Å²) in [7, 11) is -2.32. The third-order valence-electron chi connectivity index (χ3n) is 5.46. The number of nitrogens with zero attached hydrogens (tertiary/aromatic N) is 2. The van der Waals surface area contributed by atoms with Crippen LogP contribution in [0.15, 0.2) is 53.0 Å². The van der Waals surface area contributed by atoms with Gasteiger partial charge < -0.3 is 15.0 Å². The summed E-state index contributed by atoms with van der Waals surface area (Å²) in [5.41, 5.74) is 1.11. The number of anilines is 1. The van der Waals surface area contributed by atoms with E-state index in [0.29, 0.717) is 11.4 Å². The minimum atomic E-state index is -3.80. The zero-order valence-electron chi connectivity index (χ0n) is 20.1. The number of ether oxygens (including phenoxy) is 1. The number of nitrogens with one attached hydrogen (secondary N) is 1. The fourth-order valence-electron chi connectivity index (χ4n) is 3.21. The van der Waals surface area contributed by atoms with Crippen molar-refractivity contribution < 1.29 is 22.7 Å². The molecule has 0 bridgehead atoms. The number of hydrogen-bond donors (Lipinski definition) is 1. The quantitative estimate of drug-likeness (QED) is 0.459. The number of hydrogen-bond acceptors (Lipinski definition) is 5. The van der Waals surface area contributed by atoms with Crippen LogP contribution in [-0.4, -0.2) is 57.1 Å². The lowest BCUT2D eigenvalue weighted by molar-refractivity contribution is -0.139. The first-order valence-corrected chi connectivity index (χ1v) is 13.6. The normalized spacial score (nSPS) is 13.0. The number of amides is 2. The molecule has 0 fully saturated rings. The molecule has 186 valence electrons. The molecule has 0 radical (unpaired) electrons. The minimum absolute atomic E-state index is 0.0520. The summed E-state index contributed by atoms with van der Waals surface area (Å²) in [4.78, 5) is 27.8. The summed E-state index contributed by atoms with van der Waals surface area (Å²) >= 11 is 3.39. The molecule has 8 nitrogen and oxygen atoms in total. The predicted octanol–water partition coefficient (Wildman–Crippen LogP) is 3.56. The summed E-state index contributed by atoms with van der Waals surface area (Å²) in [6.07, 6.45) is 1.79. The number of methoxy groups -OCH3 is 1. The molecule has 2 aromatic carbocycles. The molecule has 0 saturated carbocycles. The van der Waals surface area contributed by atoms with Crippen molar-refractivity contribution in [2.75, 3.05) is 24.2 Å². The first kappa shape index (κ1) is 27.7. The molecule has 2 atom stereocenters. The van der Waals surface area contributed by atoms with Gasteiger partial charge in [-0.25, -0.2) is 8.42 Å². The summed E-state index contributed by atoms with van der Waals surface area (Å²) in [5, 5.41) is 2.90. The van der Waals surface area contributed by atoms with Crippen molar-refractivity contribution in [1.29, 1.82) is 0 Å². The predicted molar refractivity (Wildman–Crippen MR) is 137 cm³/mol. The van der Waals surface area contributed by atoms with Gasteiger partial charge in [0, 0.05) is 23.1 Å². The van der Waals surface area contributed by atoms with Crippen LogP contribution in [0, 0.1) is 0 Å². The van der Waals surface area contributed by atoms with Gasteiger partial charge >= 0.3 is 0 Å². The molecule has 0 aliphatic carbocycles. The molecule has 0 spiro atoms. The van der Waals surface area contributed by atoms with Gasteiger partial charge in [-0.2, -0.15) is 0 Å². The van der Waals surface area contributed by atoms with Gasteiger partial charge in [0.1, 0.15) is 18.3 Å². The second-order valence-corrected chi connectivity index (χ2v) is 10.9. The van der Waals surface area contributed by atoms with Gasteiger partial charge in [-0.1, -0.05) is 41.1 Å². The summed E-state index contributed by atoms with van der Waals surface area (Å²) in [6.45, 7) is 5.18. The van der Waals surface area contributed by atoms with E-state index in [-0.39, 0.29) is 18.5 Å². The van der Waals surface area contributed by atoms with Crippen molar-refractivity contribution >= 4 is 43.5 Å². The van der Waals surface area contributed by atoms with Crippen LogP contribution in [0.4, 0.5) is 5.69 Å². The first-order chi connectivity index (χ1) is 16.0. The number of benzene rings is 2. The SMILES string of the molecule is CC[C@@H](C)NC(=O)[C@@H](C)N(Cc1ccc(Br)cc1)C(=O)CN(c1cccc(OC)c1)S(C)(=O)=O. The molecular formula is C24H32BrN3O5S. The Hall–Kier alpha value is -2.59. The third-order valence-corrected chi connectivity index (χ3v) is 7.12. The van der Waals surface area contributed by atoms with E-state index in [1.807, 2.05) is 38.1 Å². The van der Waals surface area contributed by atoms with Crippen molar-refractivity contribution in [2.24, 2.45) is 0 Å². The standard InChI is InChI=1S/C24H32BrN3O5S/c1-6-17(2)26-24(30)18(3)27(15-19-10-12-20(25)13-11-19)23(29)16-28(34(5,31)32)21-8-7-9-22(14-21)33-4/h7-14,17-18H,6,15-16H2,1-5H3,(H,26,30)/t17-,18-/m1/s1. The van der Waals surface area contributed by atoms with Crippen molar-refractivity contribution in [3.05, 3.63) is 58.6 Å². The number of carbonyl (C=O) groups excluding carboxylic acids is 2. The van der Waals surface area contributed by atoms with Crippen molar-refractivity contribution in [2.45, 2.75) is 45.8 Å². The minimum Gasteiger partial charge on any atom is -0.497 e. The van der Waals surface area contributed by atoms with E-state index in [0.717, 1.165) is 27.0 Å². The van der Waals surface area contributed by atoms with E-state index < -0.39 is 28.5 Å². The van der Waals surface area contributed by atoms with Crippen molar-refractivity contribution in [3.8, 4) is 5.75 Å². The average Bonchev–Trinajstić information content (AvgIpc) is 2.80. The zero-order valence-corrected chi connectivity index (χ0v) is 22.5. The third kappa shape index (κ3) is 7.73. The van der Waals surface area contributed by atoms with E-state index >= 15 is 0 Å². The Morgan fingerprint density at radius 3 is 2.32 bits per heavy atom. The summed E-state index contributed by atoms with van der Waals surface area (Å²) in [6, 6.07) is 13.0. The van der Waals surface area contributed by atoms with Crippen LogP contribution in [0.25, 0.3) is 0 Å². The van der Waals surface area contributed by atoms with Gasteiger partial charge in [0.15, 0.2) is 0 Å². The largest absolute Gasteiger partial charge is 0.497 e. The molecule has 0 aromatic heterocycles. The molecule has 0 heterocycles. The molecule has 10 heteroatoms. The molecule has 2 aromatic rings. The second-order valence-electron chi connectivity index (χ2n) is 8.11. The fraction of sp³-hybridized carbons (Fsp3) is 0.417. The van der Waals surface area contributed by atoms with E-state index in [4.69, 9.17) is 4.74 Å². The number of rotatable bonds is 11. The zero-order chi connectivity index (χ0) is 25.5. The maximum Gasteiger partial charge on any atom is 0.244 e. The van der Waals surface area contributed by atoms with Crippen LogP contribution in [0.1, 0.15) is 32.8 Å². The topological polar surface area (TPSA) is 96.0 Å². The van der Waals surface area contributed by atoms with E-state index in [9.17, 15) is 18.0 Å². The maximum atomic E-state index is 13.5. The Labute approximate surface area is 210 Å². The number of halogens is 1. The van der Waals surface area contributed by atoms with Gasteiger partial charge in [-0.05, 0) is 50.1 Å². The fourth-order valence-corrected chi connectivity index (χ4v) is 4.32. The van der Waals surface area contributed by atoms with Crippen LogP contribution < -0.4 is 14.4 Å². The van der Waals surface area contributed by atoms with Crippen molar-refractivity contribution in [1.82, 2.24) is 10.2 Å². The smallest absolute Gasteiger partial charge is 0.244 e. The Balaban J connectivity index is 2.38. The number of sulfonamides is 1. The van der Waals surface area contributed by atoms with Gasteiger partial charge in [-0.3, -0.25) is 13.9 Å². The lowest BCUT2D eigenvalue weighted by Gasteiger charge is -2.32. The molecule has 0 aliphatic heterocycles. The van der Waals surface area contributed by atoms with Gasteiger partial charge in [0.2, 0.25) is 21.8 Å². The Bertz CT molecular complexity index is 1090. The summed E-state index contributed by atoms with van der Waals surface area (Å²) < 4.78 is 32.3.